The van der Waals surface area contributed by atoms with E-state index in [9.17, 15) is 27.6 Å². The minimum Gasteiger partial charge on any atom is -0.456 e. The van der Waals surface area contributed by atoms with E-state index >= 15 is 0 Å². The summed E-state index contributed by atoms with van der Waals surface area (Å²) in [7, 11) is 0. The first kappa shape index (κ1) is 23.5. The summed E-state index contributed by atoms with van der Waals surface area (Å²) in [5.41, 5.74) is -1.21. The summed E-state index contributed by atoms with van der Waals surface area (Å²) in [5, 5.41) is 5.12. The first-order valence-electron chi connectivity index (χ1n) is 8.43. The highest BCUT2D eigenvalue weighted by Crippen LogP contribution is 2.34. The van der Waals surface area contributed by atoms with Crippen molar-refractivity contribution in [2.45, 2.75) is 19.0 Å². The van der Waals surface area contributed by atoms with Crippen molar-refractivity contribution < 1.29 is 32.3 Å². The molecular formula is C19H15Cl2F3N2O4. The third-order valence-corrected chi connectivity index (χ3v) is 4.19. The number of halogens is 5. The fraction of sp³-hybridized carbons (Fsp3) is 0.211. The number of nitrogens with one attached hydrogen (secondary N) is 2. The van der Waals surface area contributed by atoms with E-state index in [2.05, 4.69) is 10.1 Å². The van der Waals surface area contributed by atoms with E-state index in [1.54, 1.807) is 0 Å². The van der Waals surface area contributed by atoms with Crippen LogP contribution in [0.4, 0.5) is 24.5 Å². The Morgan fingerprint density at radius 1 is 0.900 bits per heavy atom. The summed E-state index contributed by atoms with van der Waals surface area (Å²) < 4.78 is 43.4. The first-order valence-corrected chi connectivity index (χ1v) is 9.18. The molecule has 0 saturated carbocycles. The first-order chi connectivity index (χ1) is 14.1. The number of alkyl halides is 3. The van der Waals surface area contributed by atoms with Crippen LogP contribution in [0.2, 0.25) is 10.0 Å². The van der Waals surface area contributed by atoms with E-state index in [1.165, 1.54) is 30.3 Å². The average Bonchev–Trinajstić information content (AvgIpc) is 2.67. The zero-order chi connectivity index (χ0) is 22.3. The number of carbonyl (C=O) groups is 3. The van der Waals surface area contributed by atoms with Gasteiger partial charge in [-0.1, -0.05) is 35.3 Å². The fourth-order valence-electron chi connectivity index (χ4n) is 2.27. The Hall–Kier alpha value is -2.78. The number of para-hydroxylation sites is 1. The van der Waals surface area contributed by atoms with Crippen LogP contribution >= 0.6 is 23.2 Å². The topological polar surface area (TPSA) is 84.5 Å². The zero-order valence-corrected chi connectivity index (χ0v) is 16.7. The van der Waals surface area contributed by atoms with Crippen LogP contribution in [0.15, 0.2) is 42.5 Å². The second kappa shape index (κ2) is 10.3. The summed E-state index contributed by atoms with van der Waals surface area (Å²) in [5.74, 6) is -2.36. The number of anilines is 2. The number of carbonyl (C=O) groups excluding carboxylic acids is 3. The molecule has 2 aromatic rings. The molecule has 6 nitrogen and oxygen atoms in total. The predicted molar refractivity (Wildman–Crippen MR) is 105 cm³/mol. The van der Waals surface area contributed by atoms with Crippen molar-refractivity contribution in [2.24, 2.45) is 0 Å². The maximum absolute atomic E-state index is 12.9. The minimum absolute atomic E-state index is 0.256. The molecule has 0 aliphatic rings. The van der Waals surface area contributed by atoms with Crippen molar-refractivity contribution in [1.82, 2.24) is 0 Å². The molecular weight excluding hydrogens is 448 g/mol. The lowest BCUT2D eigenvalue weighted by atomic mass is 10.1. The summed E-state index contributed by atoms with van der Waals surface area (Å²) in [6.07, 6.45) is -5.27. The molecule has 0 bridgehead atoms. The van der Waals surface area contributed by atoms with Crippen molar-refractivity contribution in [1.29, 1.82) is 0 Å². The van der Waals surface area contributed by atoms with Crippen LogP contribution in [0.3, 0.4) is 0 Å². The molecule has 0 unspecified atom stereocenters. The lowest BCUT2D eigenvalue weighted by Gasteiger charge is -2.13. The van der Waals surface area contributed by atoms with Gasteiger partial charge in [-0.2, -0.15) is 13.2 Å². The van der Waals surface area contributed by atoms with E-state index in [-0.39, 0.29) is 23.6 Å². The molecule has 0 spiro atoms. The number of benzene rings is 2. The van der Waals surface area contributed by atoms with Crippen LogP contribution in [0.5, 0.6) is 0 Å². The highest BCUT2D eigenvalue weighted by atomic mass is 35.5. The van der Waals surface area contributed by atoms with Gasteiger partial charge in [-0.15, -0.1) is 0 Å². The lowest BCUT2D eigenvalue weighted by molar-refractivity contribution is -0.148. The van der Waals surface area contributed by atoms with E-state index in [0.717, 1.165) is 12.1 Å². The number of rotatable bonds is 7. The molecule has 2 amide bonds. The molecule has 0 saturated heterocycles. The van der Waals surface area contributed by atoms with Crippen LogP contribution in [-0.2, 0) is 25.3 Å². The van der Waals surface area contributed by atoms with Crippen LogP contribution in [0.25, 0.3) is 0 Å². The molecule has 160 valence electrons. The molecule has 0 fully saturated rings. The van der Waals surface area contributed by atoms with Gasteiger partial charge in [-0.05, 0) is 30.3 Å². The largest absolute Gasteiger partial charge is 0.456 e. The Bertz CT molecular complexity index is 952. The van der Waals surface area contributed by atoms with Gasteiger partial charge in [0.15, 0.2) is 6.61 Å². The van der Waals surface area contributed by atoms with E-state index in [1.807, 2.05) is 5.32 Å². The predicted octanol–water partition coefficient (Wildman–Crippen LogP) is 4.91. The summed E-state index contributed by atoms with van der Waals surface area (Å²) in [6, 6.07) is 8.85. The molecule has 2 rings (SSSR count). The summed E-state index contributed by atoms with van der Waals surface area (Å²) in [4.78, 5) is 35.4. The number of esters is 1. The number of hydrogen-bond donors (Lipinski definition) is 2. The van der Waals surface area contributed by atoms with Crippen molar-refractivity contribution in [2.75, 3.05) is 17.2 Å². The Morgan fingerprint density at radius 2 is 1.57 bits per heavy atom. The second-order valence-electron chi connectivity index (χ2n) is 5.92. The molecule has 2 N–H and O–H groups in total. The lowest BCUT2D eigenvalue weighted by Crippen LogP contribution is -2.23. The normalized spacial score (nSPS) is 11.0. The van der Waals surface area contributed by atoms with Gasteiger partial charge < -0.3 is 15.4 Å². The van der Waals surface area contributed by atoms with Crippen LogP contribution in [0.1, 0.15) is 18.4 Å². The fourth-order valence-corrected chi connectivity index (χ4v) is 2.60. The van der Waals surface area contributed by atoms with Gasteiger partial charge in [0.1, 0.15) is 0 Å². The van der Waals surface area contributed by atoms with Crippen molar-refractivity contribution in [3.63, 3.8) is 0 Å². The summed E-state index contributed by atoms with van der Waals surface area (Å²) in [6.45, 7) is -0.799. The Kier molecular flexibility index (Phi) is 8.08. The van der Waals surface area contributed by atoms with Crippen molar-refractivity contribution >= 4 is 52.4 Å². The third kappa shape index (κ3) is 7.23. The van der Waals surface area contributed by atoms with Gasteiger partial charge >= 0.3 is 12.1 Å². The molecule has 0 aliphatic carbocycles. The Labute approximate surface area is 179 Å². The maximum Gasteiger partial charge on any atom is 0.418 e. The highest BCUT2D eigenvalue weighted by molar-refractivity contribution is 6.35. The van der Waals surface area contributed by atoms with Crippen LogP contribution in [-0.4, -0.2) is 24.4 Å². The molecule has 30 heavy (non-hydrogen) atoms. The van der Waals surface area contributed by atoms with Gasteiger partial charge in [0.2, 0.25) is 5.91 Å². The minimum atomic E-state index is -4.65. The standard InChI is InChI=1S/C19H15Cl2F3N2O4/c20-11-5-6-13(21)15(9-11)26-16(27)7-8-18(29)30-10-17(28)25-14-4-2-1-3-12(14)19(22,23)24/h1-6,9H,7-8,10H2,(H,25,28)(H,26,27). The smallest absolute Gasteiger partial charge is 0.418 e. The second-order valence-corrected chi connectivity index (χ2v) is 6.77. The highest BCUT2D eigenvalue weighted by Gasteiger charge is 2.33. The SMILES string of the molecule is O=C(CCC(=O)OCC(=O)Nc1ccccc1C(F)(F)F)Nc1cc(Cl)ccc1Cl. The van der Waals surface area contributed by atoms with Gasteiger partial charge in [0, 0.05) is 11.4 Å². The molecule has 0 heterocycles. The van der Waals surface area contributed by atoms with Gasteiger partial charge in [0.25, 0.3) is 5.91 Å². The van der Waals surface area contributed by atoms with Crippen LogP contribution < -0.4 is 10.6 Å². The van der Waals surface area contributed by atoms with E-state index < -0.39 is 41.8 Å². The summed E-state index contributed by atoms with van der Waals surface area (Å²) >= 11 is 11.7. The molecule has 0 aliphatic heterocycles. The molecule has 11 heteroatoms. The van der Waals surface area contributed by atoms with Crippen molar-refractivity contribution in [3.8, 4) is 0 Å². The molecule has 0 radical (unpaired) electrons. The number of ether oxygens (including phenoxy) is 1. The van der Waals surface area contributed by atoms with Gasteiger partial charge in [-0.25, -0.2) is 0 Å². The van der Waals surface area contributed by atoms with Gasteiger partial charge in [-0.3, -0.25) is 14.4 Å². The molecule has 0 aromatic heterocycles. The number of amides is 2. The third-order valence-electron chi connectivity index (χ3n) is 3.63. The average molecular weight is 463 g/mol. The van der Waals surface area contributed by atoms with Gasteiger partial charge in [0.05, 0.1) is 28.4 Å². The van der Waals surface area contributed by atoms with Crippen molar-refractivity contribution in [3.05, 3.63) is 58.1 Å². The zero-order valence-electron chi connectivity index (χ0n) is 15.2. The Balaban J connectivity index is 1.79. The maximum atomic E-state index is 12.9. The van der Waals surface area contributed by atoms with Crippen LogP contribution in [0, 0.1) is 0 Å². The van der Waals surface area contributed by atoms with E-state index in [4.69, 9.17) is 23.2 Å². The Morgan fingerprint density at radius 3 is 2.27 bits per heavy atom. The van der Waals surface area contributed by atoms with E-state index in [0.29, 0.717) is 5.02 Å². The monoisotopic (exact) mass is 462 g/mol. The number of hydrogen-bond acceptors (Lipinski definition) is 4. The quantitative estimate of drug-likeness (QED) is 0.572. The molecule has 2 aromatic carbocycles. The molecule has 0 atom stereocenters.